The second-order valence-electron chi connectivity index (χ2n) is 6.42. The summed E-state index contributed by atoms with van der Waals surface area (Å²) in [6.45, 7) is 0.778. The predicted molar refractivity (Wildman–Crippen MR) is 106 cm³/mol. The topological polar surface area (TPSA) is 90.7 Å². The number of para-hydroxylation sites is 1. The largest absolute Gasteiger partial charge is 0.490 e. The first-order valence-electron chi connectivity index (χ1n) is 9.08. The van der Waals surface area contributed by atoms with Gasteiger partial charge in [-0.3, -0.25) is 9.59 Å². The van der Waals surface area contributed by atoms with Gasteiger partial charge in [0.05, 0.1) is 17.7 Å². The minimum Gasteiger partial charge on any atom is -0.490 e. The molecule has 144 valence electrons. The smallest absolute Gasteiger partial charge is 0.260 e. The molecule has 27 heavy (non-hydrogen) atoms. The van der Waals surface area contributed by atoms with Crippen molar-refractivity contribution in [1.29, 1.82) is 0 Å². The summed E-state index contributed by atoms with van der Waals surface area (Å²) < 4.78 is 10.6. The van der Waals surface area contributed by atoms with Crippen molar-refractivity contribution in [3.05, 3.63) is 45.8 Å². The Morgan fingerprint density at radius 2 is 1.93 bits per heavy atom. The summed E-state index contributed by atoms with van der Waals surface area (Å²) in [5.74, 6) is -0.331. The van der Waals surface area contributed by atoms with Crippen LogP contribution in [0.4, 0.5) is 5.00 Å². The van der Waals surface area contributed by atoms with Crippen LogP contribution in [0.25, 0.3) is 0 Å². The lowest BCUT2D eigenvalue weighted by Crippen LogP contribution is -2.19. The van der Waals surface area contributed by atoms with Crippen molar-refractivity contribution < 1.29 is 19.1 Å². The van der Waals surface area contributed by atoms with E-state index in [2.05, 4.69) is 5.32 Å². The number of thiophene rings is 1. The molecule has 1 aliphatic carbocycles. The molecule has 0 unspecified atom stereocenters. The fraction of sp³-hybridized carbons (Fsp3) is 0.400. The Morgan fingerprint density at radius 3 is 2.70 bits per heavy atom. The Bertz CT molecular complexity index is 831. The Hall–Kier alpha value is -2.38. The molecule has 0 saturated heterocycles. The number of hydrogen-bond donors (Lipinski definition) is 2. The van der Waals surface area contributed by atoms with Crippen LogP contribution in [-0.4, -0.2) is 32.1 Å². The molecule has 0 bridgehead atoms. The summed E-state index contributed by atoms with van der Waals surface area (Å²) in [7, 11) is 1.59. The number of nitrogens with one attached hydrogen (secondary N) is 1. The lowest BCUT2D eigenvalue weighted by atomic mass is 10.1. The highest BCUT2D eigenvalue weighted by molar-refractivity contribution is 7.17. The van der Waals surface area contributed by atoms with E-state index in [1.54, 1.807) is 31.4 Å². The van der Waals surface area contributed by atoms with E-state index in [0.717, 1.165) is 42.5 Å². The zero-order valence-electron chi connectivity index (χ0n) is 15.4. The van der Waals surface area contributed by atoms with Gasteiger partial charge in [-0.2, -0.15) is 0 Å². The molecule has 0 spiro atoms. The van der Waals surface area contributed by atoms with Crippen LogP contribution in [0, 0.1) is 0 Å². The van der Waals surface area contributed by atoms with Gasteiger partial charge in [0.2, 0.25) is 0 Å². The Labute approximate surface area is 162 Å². The van der Waals surface area contributed by atoms with Crippen LogP contribution in [0.5, 0.6) is 5.75 Å². The number of ether oxygens (including phenoxy) is 2. The predicted octanol–water partition coefficient (Wildman–Crippen LogP) is 3.39. The van der Waals surface area contributed by atoms with Gasteiger partial charge in [0.1, 0.15) is 17.4 Å². The zero-order valence-corrected chi connectivity index (χ0v) is 16.2. The van der Waals surface area contributed by atoms with E-state index < -0.39 is 5.91 Å². The third kappa shape index (κ3) is 4.48. The Kier molecular flexibility index (Phi) is 6.47. The average Bonchev–Trinajstić information content (AvgIpc) is 2.83. The summed E-state index contributed by atoms with van der Waals surface area (Å²) in [6, 6.07) is 7.01. The van der Waals surface area contributed by atoms with Crippen LogP contribution in [0.3, 0.4) is 0 Å². The Morgan fingerprint density at radius 1 is 1.15 bits per heavy atom. The monoisotopic (exact) mass is 388 g/mol. The minimum atomic E-state index is -0.491. The van der Waals surface area contributed by atoms with Crippen LogP contribution < -0.4 is 15.8 Å². The number of amides is 2. The number of aryl methyl sites for hydroxylation is 1. The normalized spacial score (nSPS) is 13.5. The van der Waals surface area contributed by atoms with Crippen LogP contribution in [0.1, 0.15) is 50.4 Å². The number of hydrogen-bond acceptors (Lipinski definition) is 5. The molecule has 2 amide bonds. The van der Waals surface area contributed by atoms with Crippen molar-refractivity contribution in [2.24, 2.45) is 5.73 Å². The molecule has 0 aliphatic heterocycles. The number of benzene rings is 1. The maximum atomic E-state index is 12.9. The molecule has 1 aromatic heterocycles. The van der Waals surface area contributed by atoms with Gasteiger partial charge in [-0.25, -0.2) is 0 Å². The molecule has 0 atom stereocenters. The lowest BCUT2D eigenvalue weighted by Gasteiger charge is -2.11. The van der Waals surface area contributed by atoms with Crippen molar-refractivity contribution in [3.8, 4) is 5.75 Å². The van der Waals surface area contributed by atoms with Crippen molar-refractivity contribution >= 4 is 28.2 Å². The number of rotatable bonds is 7. The summed E-state index contributed by atoms with van der Waals surface area (Å²) in [5.41, 5.74) is 7.51. The maximum Gasteiger partial charge on any atom is 0.260 e. The lowest BCUT2D eigenvalue weighted by molar-refractivity contribution is 0.100. The number of nitrogens with two attached hydrogens (primary N) is 1. The molecule has 7 heteroatoms. The summed E-state index contributed by atoms with van der Waals surface area (Å²) in [5, 5.41) is 3.42. The first-order valence-corrected chi connectivity index (χ1v) is 9.90. The third-order valence-electron chi connectivity index (χ3n) is 4.57. The van der Waals surface area contributed by atoms with Gasteiger partial charge < -0.3 is 20.5 Å². The van der Waals surface area contributed by atoms with Crippen LogP contribution in [-0.2, 0) is 17.6 Å². The average molecular weight is 388 g/mol. The molecule has 3 rings (SSSR count). The van der Waals surface area contributed by atoms with Crippen molar-refractivity contribution in [2.75, 3.05) is 25.6 Å². The minimum absolute atomic E-state index is 0.318. The number of methoxy groups -OCH3 is 1. The second kappa shape index (κ2) is 9.01. The fourth-order valence-corrected chi connectivity index (χ4v) is 4.57. The first kappa shape index (κ1) is 19.4. The quantitative estimate of drug-likeness (QED) is 0.562. The Balaban J connectivity index is 1.86. The van der Waals surface area contributed by atoms with E-state index in [1.165, 1.54) is 11.3 Å². The van der Waals surface area contributed by atoms with Gasteiger partial charge in [0.25, 0.3) is 11.8 Å². The number of fused-ring (bicyclic) bond motifs is 1. The number of carbonyl (C=O) groups is 2. The van der Waals surface area contributed by atoms with Gasteiger partial charge in [-0.15, -0.1) is 11.3 Å². The van der Waals surface area contributed by atoms with E-state index >= 15 is 0 Å². The van der Waals surface area contributed by atoms with Gasteiger partial charge in [0.15, 0.2) is 0 Å². The fourth-order valence-electron chi connectivity index (χ4n) is 3.28. The van der Waals surface area contributed by atoms with Crippen LogP contribution >= 0.6 is 11.3 Å². The highest BCUT2D eigenvalue weighted by atomic mass is 32.1. The molecule has 1 aliphatic rings. The van der Waals surface area contributed by atoms with Crippen molar-refractivity contribution in [3.63, 3.8) is 0 Å². The van der Waals surface area contributed by atoms with Crippen molar-refractivity contribution in [2.45, 2.75) is 32.1 Å². The molecule has 0 radical (unpaired) electrons. The molecular formula is C20H24N2O4S. The molecule has 6 nitrogen and oxygen atoms in total. The molecule has 2 aromatic rings. The summed E-state index contributed by atoms with van der Waals surface area (Å²) in [6.07, 6.45) is 5.03. The highest BCUT2D eigenvalue weighted by Gasteiger charge is 2.25. The van der Waals surface area contributed by atoms with E-state index in [4.69, 9.17) is 15.2 Å². The van der Waals surface area contributed by atoms with Gasteiger partial charge >= 0.3 is 0 Å². The molecule has 3 N–H and O–H groups in total. The highest BCUT2D eigenvalue weighted by Crippen LogP contribution is 2.37. The first-order chi connectivity index (χ1) is 13.1. The number of primary amides is 1. The van der Waals surface area contributed by atoms with Gasteiger partial charge in [-0.05, 0) is 43.4 Å². The van der Waals surface area contributed by atoms with Crippen LogP contribution in [0.2, 0.25) is 0 Å². The van der Waals surface area contributed by atoms with E-state index in [0.29, 0.717) is 35.1 Å². The van der Waals surface area contributed by atoms with E-state index in [9.17, 15) is 9.59 Å². The zero-order chi connectivity index (χ0) is 19.2. The third-order valence-corrected chi connectivity index (χ3v) is 5.78. The molecule has 0 saturated carbocycles. The van der Waals surface area contributed by atoms with Crippen LogP contribution in [0.15, 0.2) is 24.3 Å². The summed E-state index contributed by atoms with van der Waals surface area (Å²) >= 11 is 1.46. The second-order valence-corrected chi connectivity index (χ2v) is 7.53. The van der Waals surface area contributed by atoms with Gasteiger partial charge in [-0.1, -0.05) is 18.6 Å². The SMILES string of the molecule is COCCOc1ccccc1C(=O)Nc1sc2c(c1C(N)=O)CCCCC2. The maximum absolute atomic E-state index is 12.9. The van der Waals surface area contributed by atoms with E-state index in [1.807, 2.05) is 0 Å². The standard InChI is InChI=1S/C20H24N2O4S/c1-25-11-12-26-15-9-6-5-7-13(15)19(24)22-20-17(18(21)23)14-8-3-2-4-10-16(14)27-20/h5-7,9H,2-4,8,10-12H2,1H3,(H2,21,23)(H,22,24). The number of carbonyl (C=O) groups excluding carboxylic acids is 2. The van der Waals surface area contributed by atoms with E-state index in [-0.39, 0.29) is 5.91 Å². The van der Waals surface area contributed by atoms with Gasteiger partial charge in [0, 0.05) is 12.0 Å². The summed E-state index contributed by atoms with van der Waals surface area (Å²) in [4.78, 5) is 26.1. The number of anilines is 1. The van der Waals surface area contributed by atoms with Crippen molar-refractivity contribution in [1.82, 2.24) is 0 Å². The molecular weight excluding hydrogens is 364 g/mol. The molecule has 0 fully saturated rings. The molecule has 1 heterocycles. The molecule has 1 aromatic carbocycles.